The van der Waals surface area contributed by atoms with E-state index in [9.17, 15) is 0 Å². The predicted octanol–water partition coefficient (Wildman–Crippen LogP) is 3.96. The van der Waals surface area contributed by atoms with Crippen molar-refractivity contribution in [3.63, 3.8) is 0 Å². The monoisotopic (exact) mass is 273 g/mol. The van der Waals surface area contributed by atoms with Crippen LogP contribution in [0.5, 0.6) is 0 Å². The molecule has 0 saturated heterocycles. The fourth-order valence-corrected chi connectivity index (χ4v) is 3.48. The molecule has 0 atom stereocenters. The first kappa shape index (κ1) is 11.9. The van der Waals surface area contributed by atoms with E-state index in [2.05, 4.69) is 20.8 Å². The maximum Gasteiger partial charge on any atom is 0.0159 e. The molecule has 15 heavy (non-hydrogen) atoms. The van der Waals surface area contributed by atoms with Gasteiger partial charge in [0.25, 0.3) is 0 Å². The van der Waals surface area contributed by atoms with Gasteiger partial charge in [-0.1, -0.05) is 48.0 Å². The molecule has 2 saturated carbocycles. The summed E-state index contributed by atoms with van der Waals surface area (Å²) in [5.74, 6) is 0. The summed E-state index contributed by atoms with van der Waals surface area (Å²) in [5, 5.41) is 1.15. The zero-order valence-corrected chi connectivity index (χ0v) is 11.3. The van der Waals surface area contributed by atoms with E-state index in [4.69, 9.17) is 0 Å². The number of nitrogens with zero attached hydrogens (tertiary/aromatic N) is 1. The van der Waals surface area contributed by atoms with Gasteiger partial charge in [-0.25, -0.2) is 0 Å². The highest BCUT2D eigenvalue weighted by Gasteiger charge is 2.29. The Labute approximate surface area is 103 Å². The molecule has 2 aliphatic carbocycles. The lowest BCUT2D eigenvalue weighted by Gasteiger charge is -2.42. The molecule has 0 spiro atoms. The summed E-state index contributed by atoms with van der Waals surface area (Å²) in [6.07, 6.45) is 13.2. The highest BCUT2D eigenvalue weighted by Crippen LogP contribution is 2.31. The van der Waals surface area contributed by atoms with E-state index >= 15 is 0 Å². The average Bonchev–Trinajstić information content (AvgIpc) is 2.42. The number of alkyl halides is 1. The summed E-state index contributed by atoms with van der Waals surface area (Å²) in [6.45, 7) is 1.27. The van der Waals surface area contributed by atoms with Gasteiger partial charge in [-0.2, -0.15) is 0 Å². The Bertz CT molecular complexity index is 171. The average molecular weight is 274 g/mol. The minimum absolute atomic E-state index is 0.912. The lowest BCUT2D eigenvalue weighted by Crippen LogP contribution is -2.47. The van der Waals surface area contributed by atoms with Crippen LogP contribution in [0.15, 0.2) is 0 Å². The van der Waals surface area contributed by atoms with Crippen molar-refractivity contribution in [1.82, 2.24) is 4.90 Å². The molecule has 0 unspecified atom stereocenters. The second-order valence-corrected chi connectivity index (χ2v) is 5.95. The van der Waals surface area contributed by atoms with Crippen LogP contribution in [0.1, 0.15) is 57.8 Å². The number of hydrogen-bond acceptors (Lipinski definition) is 1. The van der Waals surface area contributed by atoms with Crippen molar-refractivity contribution in [2.24, 2.45) is 0 Å². The van der Waals surface area contributed by atoms with E-state index in [1.54, 1.807) is 0 Å². The smallest absolute Gasteiger partial charge is 0.0159 e. The van der Waals surface area contributed by atoms with Gasteiger partial charge in [0.15, 0.2) is 0 Å². The van der Waals surface area contributed by atoms with Gasteiger partial charge in [-0.3, -0.25) is 4.90 Å². The second-order valence-electron chi connectivity index (χ2n) is 5.16. The van der Waals surface area contributed by atoms with Crippen LogP contribution in [-0.4, -0.2) is 28.9 Å². The normalized spacial score (nSPS) is 25.2. The molecule has 2 rings (SSSR count). The molecule has 0 aromatic heterocycles. The zero-order valence-electron chi connectivity index (χ0n) is 9.76. The van der Waals surface area contributed by atoms with Gasteiger partial charge in [-0.15, -0.1) is 0 Å². The van der Waals surface area contributed by atoms with Crippen LogP contribution in [0.25, 0.3) is 0 Å². The van der Waals surface area contributed by atoms with Crippen LogP contribution in [-0.2, 0) is 0 Å². The Hall–Kier alpha value is 0.440. The third kappa shape index (κ3) is 3.20. The van der Waals surface area contributed by atoms with Gasteiger partial charge < -0.3 is 0 Å². The van der Waals surface area contributed by atoms with Gasteiger partial charge >= 0.3 is 0 Å². The Kier molecular flexibility index (Phi) is 4.96. The first-order valence-electron chi connectivity index (χ1n) is 6.73. The zero-order chi connectivity index (χ0) is 10.5. The Morgan fingerprint density at radius 2 is 1.33 bits per heavy atom. The molecule has 0 heterocycles. The molecule has 0 aromatic rings. The van der Waals surface area contributed by atoms with Crippen molar-refractivity contribution in [3.8, 4) is 0 Å². The minimum Gasteiger partial charge on any atom is -0.297 e. The Balaban J connectivity index is 1.88. The number of rotatable bonds is 4. The number of hydrogen-bond donors (Lipinski definition) is 0. The van der Waals surface area contributed by atoms with Gasteiger partial charge in [-0.05, 0) is 25.7 Å². The third-order valence-corrected chi connectivity index (χ3v) is 4.53. The Morgan fingerprint density at radius 3 is 1.73 bits per heavy atom. The molecule has 2 heteroatoms. The molecule has 0 N–H and O–H groups in total. The summed E-state index contributed by atoms with van der Waals surface area (Å²) in [7, 11) is 0. The molecule has 1 nitrogen and oxygen atoms in total. The summed E-state index contributed by atoms with van der Waals surface area (Å²) in [6, 6.07) is 1.85. The Morgan fingerprint density at radius 1 is 0.800 bits per heavy atom. The van der Waals surface area contributed by atoms with E-state index < -0.39 is 0 Å². The third-order valence-electron chi connectivity index (χ3n) is 4.18. The molecular formula is C13H24BrN. The van der Waals surface area contributed by atoms with Crippen LogP contribution >= 0.6 is 15.9 Å². The standard InChI is InChI=1S/C13H24BrN/c14-10-11-15(13-8-5-9-13)12-6-3-1-2-4-7-12/h12-13H,1-11H2. The van der Waals surface area contributed by atoms with Crippen molar-refractivity contribution < 1.29 is 0 Å². The molecular weight excluding hydrogens is 250 g/mol. The van der Waals surface area contributed by atoms with Crippen LogP contribution < -0.4 is 0 Å². The molecule has 2 fully saturated rings. The van der Waals surface area contributed by atoms with Gasteiger partial charge in [0.2, 0.25) is 0 Å². The van der Waals surface area contributed by atoms with E-state index in [1.165, 1.54) is 64.3 Å². The SMILES string of the molecule is BrCCN(C1CCCCCC1)C1CCC1. The number of halogens is 1. The fourth-order valence-electron chi connectivity index (χ4n) is 3.07. The largest absolute Gasteiger partial charge is 0.297 e. The predicted molar refractivity (Wildman–Crippen MR) is 69.6 cm³/mol. The molecule has 0 aliphatic heterocycles. The first-order chi connectivity index (χ1) is 7.42. The van der Waals surface area contributed by atoms with Gasteiger partial charge in [0, 0.05) is 24.0 Å². The molecule has 0 aromatic carbocycles. The summed E-state index contributed by atoms with van der Waals surface area (Å²) < 4.78 is 0. The van der Waals surface area contributed by atoms with Crippen LogP contribution in [0.3, 0.4) is 0 Å². The highest BCUT2D eigenvalue weighted by atomic mass is 79.9. The molecule has 0 radical (unpaired) electrons. The minimum atomic E-state index is 0.912. The maximum absolute atomic E-state index is 3.62. The summed E-state index contributed by atoms with van der Waals surface area (Å²) >= 11 is 3.62. The lowest BCUT2D eigenvalue weighted by molar-refractivity contribution is 0.0784. The van der Waals surface area contributed by atoms with Crippen molar-refractivity contribution in [1.29, 1.82) is 0 Å². The van der Waals surface area contributed by atoms with E-state index in [0.29, 0.717) is 0 Å². The fraction of sp³-hybridized carbons (Fsp3) is 1.00. The second kappa shape index (κ2) is 6.24. The van der Waals surface area contributed by atoms with E-state index in [1.807, 2.05) is 0 Å². The summed E-state index contributed by atoms with van der Waals surface area (Å²) in [4.78, 5) is 2.82. The molecule has 2 aliphatic rings. The van der Waals surface area contributed by atoms with Crippen molar-refractivity contribution in [2.75, 3.05) is 11.9 Å². The van der Waals surface area contributed by atoms with Crippen LogP contribution in [0, 0.1) is 0 Å². The van der Waals surface area contributed by atoms with Gasteiger partial charge in [0.05, 0.1) is 0 Å². The summed E-state index contributed by atoms with van der Waals surface area (Å²) in [5.41, 5.74) is 0. The van der Waals surface area contributed by atoms with Crippen molar-refractivity contribution in [2.45, 2.75) is 69.9 Å². The molecule has 0 amide bonds. The lowest BCUT2D eigenvalue weighted by atomic mass is 9.89. The van der Waals surface area contributed by atoms with Crippen molar-refractivity contribution in [3.05, 3.63) is 0 Å². The van der Waals surface area contributed by atoms with E-state index in [0.717, 1.165) is 17.4 Å². The van der Waals surface area contributed by atoms with Crippen LogP contribution in [0.4, 0.5) is 0 Å². The maximum atomic E-state index is 3.62. The topological polar surface area (TPSA) is 3.24 Å². The van der Waals surface area contributed by atoms with Gasteiger partial charge in [0.1, 0.15) is 0 Å². The van der Waals surface area contributed by atoms with E-state index in [-0.39, 0.29) is 0 Å². The molecule has 88 valence electrons. The first-order valence-corrected chi connectivity index (χ1v) is 7.85. The highest BCUT2D eigenvalue weighted by molar-refractivity contribution is 9.09. The van der Waals surface area contributed by atoms with Crippen molar-refractivity contribution >= 4 is 15.9 Å². The van der Waals surface area contributed by atoms with Crippen LogP contribution in [0.2, 0.25) is 0 Å². The molecule has 0 bridgehead atoms. The quantitative estimate of drug-likeness (QED) is 0.554.